The number of rotatable bonds is 6. The van der Waals surface area contributed by atoms with Crippen molar-refractivity contribution in [2.75, 3.05) is 13.2 Å². The lowest BCUT2D eigenvalue weighted by atomic mass is 9.96. The second-order valence-corrected chi connectivity index (χ2v) is 5.16. The van der Waals surface area contributed by atoms with Crippen LogP contribution in [0, 0.1) is 5.41 Å². The number of hydrogen-bond acceptors (Lipinski definition) is 6. The lowest BCUT2D eigenvalue weighted by Gasteiger charge is -2.23. The van der Waals surface area contributed by atoms with Crippen molar-refractivity contribution in [3.8, 4) is 0 Å². The second kappa shape index (κ2) is 7.45. The maximum Gasteiger partial charge on any atom is 0.332 e. The third-order valence-electron chi connectivity index (χ3n) is 1.90. The molecule has 19 heavy (non-hydrogen) atoms. The van der Waals surface area contributed by atoms with E-state index in [4.69, 9.17) is 20.9 Å². The fraction of sp³-hybridized carbons (Fsp3) is 0.538. The summed E-state index contributed by atoms with van der Waals surface area (Å²) in [5.74, 6) is -1.03. The van der Waals surface area contributed by atoms with Crippen LogP contribution in [0.4, 0.5) is 0 Å². The number of hydrogen-bond donors (Lipinski definition) is 2. The van der Waals surface area contributed by atoms with Crippen molar-refractivity contribution in [1.29, 1.82) is 0 Å². The Morgan fingerprint density at radius 1 is 0.947 bits per heavy atom. The molecule has 0 heterocycles. The molecular weight excluding hydrogens is 248 g/mol. The summed E-state index contributed by atoms with van der Waals surface area (Å²) in [6, 6.07) is 0. The summed E-state index contributed by atoms with van der Waals surface area (Å²) in [4.78, 5) is 22.5. The molecule has 0 aromatic carbocycles. The number of carbonyl (C=O) groups is 2. The number of ether oxygens (including phenoxy) is 2. The Morgan fingerprint density at radius 3 is 1.53 bits per heavy atom. The van der Waals surface area contributed by atoms with Crippen LogP contribution in [0.2, 0.25) is 0 Å². The van der Waals surface area contributed by atoms with Crippen molar-refractivity contribution < 1.29 is 19.1 Å². The van der Waals surface area contributed by atoms with Crippen molar-refractivity contribution in [3.05, 3.63) is 23.5 Å². The molecule has 0 bridgehead atoms. The van der Waals surface area contributed by atoms with Gasteiger partial charge in [0.15, 0.2) is 0 Å². The van der Waals surface area contributed by atoms with Gasteiger partial charge < -0.3 is 20.9 Å². The maximum atomic E-state index is 11.3. The summed E-state index contributed by atoms with van der Waals surface area (Å²) in [7, 11) is 0. The van der Waals surface area contributed by atoms with Crippen molar-refractivity contribution in [2.24, 2.45) is 16.9 Å². The molecule has 0 aromatic rings. The zero-order valence-corrected chi connectivity index (χ0v) is 11.9. The predicted molar refractivity (Wildman–Crippen MR) is 71.6 cm³/mol. The summed E-state index contributed by atoms with van der Waals surface area (Å²) in [6.45, 7) is 7.05. The Morgan fingerprint density at radius 2 is 1.26 bits per heavy atom. The fourth-order valence-corrected chi connectivity index (χ4v) is 1.03. The van der Waals surface area contributed by atoms with E-state index in [-0.39, 0.29) is 13.2 Å². The SMILES string of the molecule is C/C(N)=C/C(=O)OCC(C)(C)COC(=O)/C=C(/C)N. The van der Waals surface area contributed by atoms with Crippen LogP contribution in [0.15, 0.2) is 23.5 Å². The molecule has 0 radical (unpaired) electrons. The molecule has 4 N–H and O–H groups in total. The van der Waals surface area contributed by atoms with Gasteiger partial charge in [0.2, 0.25) is 0 Å². The van der Waals surface area contributed by atoms with Gasteiger partial charge >= 0.3 is 11.9 Å². The highest BCUT2D eigenvalue weighted by Crippen LogP contribution is 2.16. The van der Waals surface area contributed by atoms with Crippen LogP contribution in [0.5, 0.6) is 0 Å². The van der Waals surface area contributed by atoms with Gasteiger partial charge in [0.05, 0.1) is 13.2 Å². The molecule has 0 spiro atoms. The first-order valence-electron chi connectivity index (χ1n) is 5.83. The molecule has 0 saturated heterocycles. The van der Waals surface area contributed by atoms with Crippen LogP contribution >= 0.6 is 0 Å². The predicted octanol–water partition coefficient (Wildman–Crippen LogP) is 0.824. The highest BCUT2D eigenvalue weighted by atomic mass is 16.5. The minimum Gasteiger partial charge on any atom is -0.462 e. The molecule has 0 fully saturated rings. The number of esters is 2. The standard InChI is InChI=1S/C13H22N2O4/c1-9(14)5-11(16)18-7-13(3,4)8-19-12(17)6-10(2)15/h5-6H,7-8,14-15H2,1-4H3/b9-5-,10-6-. The highest BCUT2D eigenvalue weighted by Gasteiger charge is 2.22. The minimum atomic E-state index is -0.517. The third kappa shape index (κ3) is 9.70. The van der Waals surface area contributed by atoms with E-state index in [0.29, 0.717) is 11.4 Å². The Labute approximate surface area is 113 Å². The van der Waals surface area contributed by atoms with Crippen LogP contribution < -0.4 is 11.5 Å². The van der Waals surface area contributed by atoms with Crippen molar-refractivity contribution in [1.82, 2.24) is 0 Å². The van der Waals surface area contributed by atoms with E-state index in [1.54, 1.807) is 13.8 Å². The topological polar surface area (TPSA) is 105 Å². The average molecular weight is 270 g/mol. The van der Waals surface area contributed by atoms with Crippen molar-refractivity contribution in [3.63, 3.8) is 0 Å². The lowest BCUT2D eigenvalue weighted by Crippen LogP contribution is -2.28. The van der Waals surface area contributed by atoms with Gasteiger partial charge in [0.25, 0.3) is 0 Å². The lowest BCUT2D eigenvalue weighted by molar-refractivity contribution is -0.146. The molecule has 0 aliphatic heterocycles. The van der Waals surface area contributed by atoms with E-state index < -0.39 is 17.4 Å². The van der Waals surface area contributed by atoms with Crippen LogP contribution in [-0.2, 0) is 19.1 Å². The Hall–Kier alpha value is -1.98. The molecule has 0 atom stereocenters. The molecule has 0 amide bonds. The first kappa shape index (κ1) is 17.0. The monoisotopic (exact) mass is 270 g/mol. The van der Waals surface area contributed by atoms with Gasteiger partial charge in [-0.05, 0) is 13.8 Å². The van der Waals surface area contributed by atoms with Gasteiger partial charge in [-0.15, -0.1) is 0 Å². The van der Waals surface area contributed by atoms with E-state index in [2.05, 4.69) is 0 Å². The third-order valence-corrected chi connectivity index (χ3v) is 1.90. The molecule has 0 unspecified atom stereocenters. The molecule has 0 aromatic heterocycles. The van der Waals surface area contributed by atoms with E-state index >= 15 is 0 Å². The molecule has 108 valence electrons. The van der Waals surface area contributed by atoms with Crippen LogP contribution in [0.3, 0.4) is 0 Å². The average Bonchev–Trinajstić information content (AvgIpc) is 2.22. The summed E-state index contributed by atoms with van der Waals surface area (Å²) in [6.07, 6.45) is 2.39. The zero-order valence-electron chi connectivity index (χ0n) is 11.9. The fourth-order valence-electron chi connectivity index (χ4n) is 1.03. The van der Waals surface area contributed by atoms with Crippen LogP contribution in [0.1, 0.15) is 27.7 Å². The molecule has 0 aliphatic rings. The number of carbonyl (C=O) groups excluding carboxylic acids is 2. The normalized spacial score (nSPS) is 13.1. The molecular formula is C13H22N2O4. The van der Waals surface area contributed by atoms with E-state index in [1.165, 1.54) is 12.2 Å². The Kier molecular flexibility index (Phi) is 6.68. The van der Waals surface area contributed by atoms with Gasteiger partial charge in [0, 0.05) is 29.0 Å². The van der Waals surface area contributed by atoms with E-state index in [0.717, 1.165) is 0 Å². The van der Waals surface area contributed by atoms with Gasteiger partial charge in [-0.2, -0.15) is 0 Å². The van der Waals surface area contributed by atoms with E-state index in [9.17, 15) is 9.59 Å². The summed E-state index contributed by atoms with van der Waals surface area (Å²) < 4.78 is 10.0. The first-order valence-corrected chi connectivity index (χ1v) is 5.83. The second-order valence-electron chi connectivity index (χ2n) is 5.16. The molecule has 0 aliphatic carbocycles. The Bertz CT molecular complexity index is 353. The summed E-state index contributed by atoms with van der Waals surface area (Å²) >= 11 is 0. The molecule has 6 nitrogen and oxygen atoms in total. The van der Waals surface area contributed by atoms with Gasteiger partial charge in [-0.25, -0.2) is 9.59 Å². The molecule has 0 rings (SSSR count). The maximum absolute atomic E-state index is 11.3. The largest absolute Gasteiger partial charge is 0.462 e. The number of nitrogens with two attached hydrogens (primary N) is 2. The van der Waals surface area contributed by atoms with E-state index in [1.807, 2.05) is 13.8 Å². The minimum absolute atomic E-state index is 0.119. The number of allylic oxidation sites excluding steroid dienone is 2. The van der Waals surface area contributed by atoms with Gasteiger partial charge in [0.1, 0.15) is 0 Å². The van der Waals surface area contributed by atoms with Crippen molar-refractivity contribution in [2.45, 2.75) is 27.7 Å². The van der Waals surface area contributed by atoms with Crippen LogP contribution in [-0.4, -0.2) is 25.2 Å². The van der Waals surface area contributed by atoms with Crippen molar-refractivity contribution >= 4 is 11.9 Å². The smallest absolute Gasteiger partial charge is 0.332 e. The molecule has 0 saturated carbocycles. The quantitative estimate of drug-likeness (QED) is 0.547. The summed E-state index contributed by atoms with van der Waals surface area (Å²) in [5, 5.41) is 0. The van der Waals surface area contributed by atoms with Gasteiger partial charge in [-0.3, -0.25) is 0 Å². The zero-order chi connectivity index (χ0) is 15.1. The first-order chi connectivity index (χ1) is 8.62. The summed E-state index contributed by atoms with van der Waals surface area (Å²) in [5.41, 5.74) is 11.0. The molecule has 6 heteroatoms. The Balaban J connectivity index is 4.19. The highest BCUT2D eigenvalue weighted by molar-refractivity contribution is 5.83. The van der Waals surface area contributed by atoms with Gasteiger partial charge in [-0.1, -0.05) is 13.8 Å². The van der Waals surface area contributed by atoms with Crippen LogP contribution in [0.25, 0.3) is 0 Å².